The van der Waals surface area contributed by atoms with Crippen LogP contribution in [0.15, 0.2) is 48.5 Å². The van der Waals surface area contributed by atoms with Crippen molar-refractivity contribution in [3.05, 3.63) is 70.2 Å². The summed E-state index contributed by atoms with van der Waals surface area (Å²) in [6.45, 7) is 0.749. The topological polar surface area (TPSA) is 35.8 Å². The van der Waals surface area contributed by atoms with Gasteiger partial charge in [0.1, 0.15) is 0 Å². The molecule has 3 heteroatoms. The third-order valence-corrected chi connectivity index (χ3v) is 4.11. The molecule has 0 heterocycles. The van der Waals surface area contributed by atoms with E-state index in [-0.39, 0.29) is 0 Å². The average Bonchev–Trinajstić information content (AvgIpc) is 3.26. The summed E-state index contributed by atoms with van der Waals surface area (Å²) in [5.41, 5.74) is 3.05. The fourth-order valence-corrected chi connectivity index (χ4v) is 2.74. The van der Waals surface area contributed by atoms with Gasteiger partial charge >= 0.3 is 0 Å². The lowest BCUT2D eigenvalue weighted by Crippen LogP contribution is -2.17. The Kier molecular flexibility index (Phi) is 3.73. The maximum Gasteiger partial charge on any atom is 0.0992 e. The number of nitriles is 1. The predicted molar refractivity (Wildman–Crippen MR) is 80.6 cm³/mol. The van der Waals surface area contributed by atoms with Gasteiger partial charge in [-0.3, -0.25) is 0 Å². The lowest BCUT2D eigenvalue weighted by Gasteiger charge is -2.07. The Balaban J connectivity index is 1.58. The highest BCUT2D eigenvalue weighted by atomic mass is 35.5. The summed E-state index contributed by atoms with van der Waals surface area (Å²) in [7, 11) is 0. The standard InChI is InChI=1S/C17H15ClN2/c18-16-8-12(10-19)6-7-14(16)11-20-17-9-15(17)13-4-2-1-3-5-13/h1-8,15,17,20H,9,11H2. The normalized spacial score (nSPS) is 20.4. The molecule has 2 aromatic rings. The van der Waals surface area contributed by atoms with E-state index >= 15 is 0 Å². The Morgan fingerprint density at radius 2 is 2.00 bits per heavy atom. The molecular formula is C17H15ClN2. The zero-order chi connectivity index (χ0) is 13.9. The molecule has 100 valence electrons. The third kappa shape index (κ3) is 2.85. The molecule has 0 bridgehead atoms. The molecule has 20 heavy (non-hydrogen) atoms. The summed E-state index contributed by atoms with van der Waals surface area (Å²) >= 11 is 6.17. The minimum atomic E-state index is 0.532. The molecule has 0 saturated heterocycles. The molecule has 2 atom stereocenters. The number of nitrogens with zero attached hydrogens (tertiary/aromatic N) is 1. The zero-order valence-corrected chi connectivity index (χ0v) is 11.8. The van der Waals surface area contributed by atoms with E-state index in [2.05, 4.69) is 35.7 Å². The van der Waals surface area contributed by atoms with E-state index < -0.39 is 0 Å². The summed E-state index contributed by atoms with van der Waals surface area (Å²) in [6.07, 6.45) is 1.18. The summed E-state index contributed by atoms with van der Waals surface area (Å²) < 4.78 is 0. The molecule has 0 aliphatic heterocycles. The molecule has 1 fully saturated rings. The summed E-state index contributed by atoms with van der Waals surface area (Å²) in [5.74, 6) is 0.619. The molecule has 1 aliphatic carbocycles. The van der Waals surface area contributed by atoms with E-state index in [0.29, 0.717) is 22.5 Å². The highest BCUT2D eigenvalue weighted by Crippen LogP contribution is 2.40. The highest BCUT2D eigenvalue weighted by Gasteiger charge is 2.37. The molecule has 3 rings (SSSR count). The smallest absolute Gasteiger partial charge is 0.0992 e. The number of halogens is 1. The van der Waals surface area contributed by atoms with Crippen LogP contribution < -0.4 is 5.32 Å². The first kappa shape index (κ1) is 13.2. The molecule has 1 N–H and O–H groups in total. The van der Waals surface area contributed by atoms with Gasteiger partial charge in [-0.15, -0.1) is 0 Å². The Hall–Kier alpha value is -1.82. The van der Waals surface area contributed by atoms with Crippen molar-refractivity contribution in [3.8, 4) is 6.07 Å². The van der Waals surface area contributed by atoms with E-state index in [4.69, 9.17) is 16.9 Å². The van der Waals surface area contributed by atoms with Gasteiger partial charge in [0.15, 0.2) is 0 Å². The monoisotopic (exact) mass is 282 g/mol. The van der Waals surface area contributed by atoms with E-state index in [1.54, 1.807) is 6.07 Å². The largest absolute Gasteiger partial charge is 0.309 e. The fourth-order valence-electron chi connectivity index (χ4n) is 2.49. The van der Waals surface area contributed by atoms with Crippen LogP contribution in [0.5, 0.6) is 0 Å². The molecule has 1 aliphatic rings. The molecule has 1 saturated carbocycles. The maximum absolute atomic E-state index is 8.82. The van der Waals surface area contributed by atoms with E-state index in [0.717, 1.165) is 12.1 Å². The molecule has 0 amide bonds. The fraction of sp³-hybridized carbons (Fsp3) is 0.235. The van der Waals surface area contributed by atoms with Gasteiger partial charge in [-0.05, 0) is 29.7 Å². The van der Waals surface area contributed by atoms with Gasteiger partial charge in [0, 0.05) is 23.5 Å². The molecule has 2 nitrogen and oxygen atoms in total. The Morgan fingerprint density at radius 1 is 1.20 bits per heavy atom. The van der Waals surface area contributed by atoms with Gasteiger partial charge in [0.2, 0.25) is 0 Å². The van der Waals surface area contributed by atoms with Crippen molar-refractivity contribution in [2.75, 3.05) is 0 Å². The van der Waals surface area contributed by atoms with Crippen molar-refractivity contribution in [1.29, 1.82) is 5.26 Å². The first-order valence-electron chi connectivity index (χ1n) is 6.75. The second-order valence-corrected chi connectivity index (χ2v) is 5.57. The number of rotatable bonds is 4. The first-order valence-corrected chi connectivity index (χ1v) is 7.12. The van der Waals surface area contributed by atoms with E-state index in [1.165, 1.54) is 12.0 Å². The minimum Gasteiger partial charge on any atom is -0.309 e. The second-order valence-electron chi connectivity index (χ2n) is 5.16. The number of hydrogen-bond acceptors (Lipinski definition) is 2. The molecule has 2 unspecified atom stereocenters. The van der Waals surface area contributed by atoms with E-state index in [1.807, 2.05) is 18.2 Å². The van der Waals surface area contributed by atoms with Crippen LogP contribution in [0.25, 0.3) is 0 Å². The molecule has 0 aromatic heterocycles. The van der Waals surface area contributed by atoms with Gasteiger partial charge in [-0.2, -0.15) is 5.26 Å². The lowest BCUT2D eigenvalue weighted by atomic mass is 10.1. The Morgan fingerprint density at radius 3 is 2.70 bits per heavy atom. The SMILES string of the molecule is N#Cc1ccc(CNC2CC2c2ccccc2)c(Cl)c1. The third-order valence-electron chi connectivity index (χ3n) is 3.76. The van der Waals surface area contributed by atoms with Crippen LogP contribution >= 0.6 is 11.6 Å². The van der Waals surface area contributed by atoms with Gasteiger partial charge in [0.05, 0.1) is 11.6 Å². The summed E-state index contributed by atoms with van der Waals surface area (Å²) in [6, 6.07) is 18.7. The average molecular weight is 283 g/mol. The Labute approximate surface area is 124 Å². The van der Waals surface area contributed by atoms with Crippen LogP contribution in [-0.2, 0) is 6.54 Å². The second kappa shape index (κ2) is 5.66. The highest BCUT2D eigenvalue weighted by molar-refractivity contribution is 6.31. The van der Waals surface area contributed by atoms with E-state index in [9.17, 15) is 0 Å². The quantitative estimate of drug-likeness (QED) is 0.924. The Bertz CT molecular complexity index is 646. The van der Waals surface area contributed by atoms with Crippen molar-refractivity contribution < 1.29 is 0 Å². The van der Waals surface area contributed by atoms with Crippen molar-refractivity contribution in [2.24, 2.45) is 0 Å². The zero-order valence-electron chi connectivity index (χ0n) is 11.0. The maximum atomic E-state index is 8.82. The molecule has 0 spiro atoms. The minimum absolute atomic E-state index is 0.532. The number of hydrogen-bond donors (Lipinski definition) is 1. The predicted octanol–water partition coefficient (Wildman–Crippen LogP) is 3.86. The van der Waals surface area contributed by atoms with Crippen LogP contribution in [0, 0.1) is 11.3 Å². The molecule has 2 aromatic carbocycles. The van der Waals surface area contributed by atoms with Crippen molar-refractivity contribution in [2.45, 2.75) is 24.9 Å². The van der Waals surface area contributed by atoms with Gasteiger partial charge in [0.25, 0.3) is 0 Å². The van der Waals surface area contributed by atoms with Crippen LogP contribution in [0.3, 0.4) is 0 Å². The number of nitrogens with one attached hydrogen (secondary N) is 1. The van der Waals surface area contributed by atoms with Gasteiger partial charge < -0.3 is 5.32 Å². The van der Waals surface area contributed by atoms with Crippen LogP contribution in [-0.4, -0.2) is 6.04 Å². The first-order chi connectivity index (χ1) is 9.78. The van der Waals surface area contributed by atoms with Crippen LogP contribution in [0.4, 0.5) is 0 Å². The van der Waals surface area contributed by atoms with Gasteiger partial charge in [-0.25, -0.2) is 0 Å². The van der Waals surface area contributed by atoms with Crippen molar-refractivity contribution >= 4 is 11.6 Å². The van der Waals surface area contributed by atoms with Crippen LogP contribution in [0.1, 0.15) is 29.0 Å². The van der Waals surface area contributed by atoms with Crippen molar-refractivity contribution in [1.82, 2.24) is 5.32 Å². The number of benzene rings is 2. The summed E-state index contributed by atoms with van der Waals surface area (Å²) in [5, 5.41) is 13.0. The molecule has 0 radical (unpaired) electrons. The summed E-state index contributed by atoms with van der Waals surface area (Å²) in [4.78, 5) is 0. The van der Waals surface area contributed by atoms with Crippen LogP contribution in [0.2, 0.25) is 5.02 Å². The van der Waals surface area contributed by atoms with Gasteiger partial charge in [-0.1, -0.05) is 48.0 Å². The van der Waals surface area contributed by atoms with Crippen molar-refractivity contribution in [3.63, 3.8) is 0 Å². The lowest BCUT2D eigenvalue weighted by molar-refractivity contribution is 0.673. The molecular weight excluding hydrogens is 268 g/mol.